The Kier molecular flexibility index (Phi) is 6.00. The summed E-state index contributed by atoms with van der Waals surface area (Å²) in [5.41, 5.74) is 0.656. The minimum Gasteiger partial charge on any atom is -0.497 e. The van der Waals surface area contributed by atoms with Crippen molar-refractivity contribution >= 4 is 43.5 Å². The minimum absolute atomic E-state index is 0.211. The first-order valence-corrected chi connectivity index (χ1v) is 9.26. The van der Waals surface area contributed by atoms with Gasteiger partial charge in [-0.3, -0.25) is 4.79 Å². The molecule has 2 aromatic carbocycles. The highest BCUT2D eigenvalue weighted by atomic mass is 79.9. The van der Waals surface area contributed by atoms with Crippen LogP contribution in [0.1, 0.15) is 16.3 Å². The van der Waals surface area contributed by atoms with E-state index in [0.717, 1.165) is 8.95 Å². The van der Waals surface area contributed by atoms with E-state index in [1.54, 1.807) is 31.4 Å². The van der Waals surface area contributed by atoms with Crippen molar-refractivity contribution in [1.29, 1.82) is 0 Å². The molecule has 0 unspecified atom stereocenters. The topological polar surface area (TPSA) is 60.7 Å². The molecule has 0 saturated carbocycles. The van der Waals surface area contributed by atoms with Crippen LogP contribution in [0.4, 0.5) is 5.69 Å². The number of nitrogens with one attached hydrogen (secondary N) is 1. The van der Waals surface area contributed by atoms with Crippen LogP contribution in [0.3, 0.4) is 0 Å². The van der Waals surface area contributed by atoms with Crippen molar-refractivity contribution in [2.24, 2.45) is 0 Å². The predicted molar refractivity (Wildman–Crippen MR) is 106 cm³/mol. The smallest absolute Gasteiger partial charge is 0.291 e. The Morgan fingerprint density at radius 2 is 1.88 bits per heavy atom. The number of rotatable bonds is 6. The fourth-order valence-corrected chi connectivity index (χ4v) is 3.34. The third-order valence-electron chi connectivity index (χ3n) is 3.49. The Labute approximate surface area is 167 Å². The van der Waals surface area contributed by atoms with Crippen LogP contribution in [0.15, 0.2) is 68.0 Å². The zero-order valence-corrected chi connectivity index (χ0v) is 17.0. The number of hydrogen-bond acceptors (Lipinski definition) is 4. The molecule has 3 aromatic rings. The molecule has 1 heterocycles. The Bertz CT molecular complexity index is 923. The lowest BCUT2D eigenvalue weighted by molar-refractivity contribution is 0.0992. The standard InChI is InChI=1S/C19H15Br2NO4/c1-24-13-3-2-4-14(10-13)25-11-15-6-8-18(26-15)19(23)22-17-7-5-12(20)9-16(17)21/h2-10H,11H2,1H3,(H,22,23). The van der Waals surface area contributed by atoms with E-state index in [9.17, 15) is 4.79 Å². The van der Waals surface area contributed by atoms with Crippen molar-refractivity contribution in [2.75, 3.05) is 12.4 Å². The quantitative estimate of drug-likeness (QED) is 0.495. The van der Waals surface area contributed by atoms with E-state index in [1.807, 2.05) is 30.3 Å². The van der Waals surface area contributed by atoms with Gasteiger partial charge in [0.05, 0.1) is 12.8 Å². The molecule has 26 heavy (non-hydrogen) atoms. The van der Waals surface area contributed by atoms with Gasteiger partial charge in [0, 0.05) is 15.0 Å². The van der Waals surface area contributed by atoms with Crippen LogP contribution in [-0.2, 0) is 6.61 Å². The van der Waals surface area contributed by atoms with Gasteiger partial charge in [-0.2, -0.15) is 0 Å². The van der Waals surface area contributed by atoms with Gasteiger partial charge in [-0.25, -0.2) is 0 Å². The van der Waals surface area contributed by atoms with Crippen molar-refractivity contribution in [3.8, 4) is 11.5 Å². The molecule has 0 fully saturated rings. The van der Waals surface area contributed by atoms with E-state index >= 15 is 0 Å². The van der Waals surface area contributed by atoms with Crippen LogP contribution in [0.25, 0.3) is 0 Å². The van der Waals surface area contributed by atoms with Gasteiger partial charge >= 0.3 is 0 Å². The van der Waals surface area contributed by atoms with Gasteiger partial charge in [0.25, 0.3) is 5.91 Å². The van der Waals surface area contributed by atoms with Crippen molar-refractivity contribution in [2.45, 2.75) is 6.61 Å². The first-order chi connectivity index (χ1) is 12.5. The molecule has 1 aromatic heterocycles. The highest BCUT2D eigenvalue weighted by molar-refractivity contribution is 9.11. The predicted octanol–water partition coefficient (Wildman–Crippen LogP) is 5.64. The number of anilines is 1. The van der Waals surface area contributed by atoms with Crippen LogP contribution in [-0.4, -0.2) is 13.0 Å². The summed E-state index contributed by atoms with van der Waals surface area (Å²) in [7, 11) is 1.60. The maximum absolute atomic E-state index is 12.3. The van der Waals surface area contributed by atoms with Crippen LogP contribution in [0.5, 0.6) is 11.5 Å². The summed E-state index contributed by atoms with van der Waals surface area (Å²) in [6, 6.07) is 16.1. The molecule has 0 atom stereocenters. The molecule has 3 rings (SSSR count). The summed E-state index contributed by atoms with van der Waals surface area (Å²) in [5.74, 6) is 1.80. The van der Waals surface area contributed by atoms with E-state index in [-0.39, 0.29) is 18.3 Å². The van der Waals surface area contributed by atoms with E-state index in [0.29, 0.717) is 22.9 Å². The fourth-order valence-electron chi connectivity index (χ4n) is 2.20. The second-order valence-electron chi connectivity index (χ2n) is 5.31. The molecule has 0 spiro atoms. The average molecular weight is 481 g/mol. The van der Waals surface area contributed by atoms with E-state index < -0.39 is 0 Å². The zero-order valence-electron chi connectivity index (χ0n) is 13.8. The second kappa shape index (κ2) is 8.42. The number of furan rings is 1. The first-order valence-electron chi connectivity index (χ1n) is 7.67. The highest BCUT2D eigenvalue weighted by Crippen LogP contribution is 2.27. The number of halogens is 2. The molecule has 0 radical (unpaired) electrons. The second-order valence-corrected chi connectivity index (χ2v) is 7.08. The number of carbonyl (C=O) groups is 1. The maximum atomic E-state index is 12.3. The van der Waals surface area contributed by atoms with Gasteiger partial charge in [0.1, 0.15) is 23.9 Å². The first kappa shape index (κ1) is 18.5. The van der Waals surface area contributed by atoms with Crippen molar-refractivity contribution in [3.05, 3.63) is 75.1 Å². The number of hydrogen-bond donors (Lipinski definition) is 1. The number of ether oxygens (including phenoxy) is 2. The molecular formula is C19H15Br2NO4. The Morgan fingerprint density at radius 1 is 1.08 bits per heavy atom. The van der Waals surface area contributed by atoms with Crippen molar-refractivity contribution < 1.29 is 18.7 Å². The highest BCUT2D eigenvalue weighted by Gasteiger charge is 2.13. The molecular weight excluding hydrogens is 466 g/mol. The Hall–Kier alpha value is -2.25. The van der Waals surface area contributed by atoms with E-state index in [2.05, 4.69) is 37.2 Å². The monoisotopic (exact) mass is 479 g/mol. The van der Waals surface area contributed by atoms with Gasteiger partial charge in [-0.05, 0) is 58.4 Å². The summed E-state index contributed by atoms with van der Waals surface area (Å²) >= 11 is 6.78. The molecule has 0 bridgehead atoms. The molecule has 1 N–H and O–H groups in total. The molecule has 0 aliphatic heterocycles. The van der Waals surface area contributed by atoms with Crippen LogP contribution < -0.4 is 14.8 Å². The lowest BCUT2D eigenvalue weighted by Crippen LogP contribution is -2.11. The number of methoxy groups -OCH3 is 1. The summed E-state index contributed by atoms with van der Waals surface area (Å²) < 4.78 is 18.1. The molecule has 0 aliphatic carbocycles. The SMILES string of the molecule is COc1cccc(OCc2ccc(C(=O)Nc3ccc(Br)cc3Br)o2)c1. The summed E-state index contributed by atoms with van der Waals surface area (Å²) in [6.45, 7) is 0.211. The molecule has 7 heteroatoms. The van der Waals surface area contributed by atoms with Crippen molar-refractivity contribution in [3.63, 3.8) is 0 Å². The zero-order chi connectivity index (χ0) is 18.5. The van der Waals surface area contributed by atoms with Crippen LogP contribution in [0, 0.1) is 0 Å². The summed E-state index contributed by atoms with van der Waals surface area (Å²) in [5, 5.41) is 2.80. The minimum atomic E-state index is -0.333. The largest absolute Gasteiger partial charge is 0.497 e. The lowest BCUT2D eigenvalue weighted by atomic mass is 10.3. The third kappa shape index (κ3) is 4.68. The van der Waals surface area contributed by atoms with Gasteiger partial charge in [0.15, 0.2) is 5.76 Å². The fraction of sp³-hybridized carbons (Fsp3) is 0.105. The summed E-state index contributed by atoms with van der Waals surface area (Å²) in [4.78, 5) is 12.3. The average Bonchev–Trinajstić information content (AvgIpc) is 3.11. The third-order valence-corrected chi connectivity index (χ3v) is 4.64. The molecule has 1 amide bonds. The number of amides is 1. The molecule has 134 valence electrons. The van der Waals surface area contributed by atoms with E-state index in [1.165, 1.54) is 0 Å². The lowest BCUT2D eigenvalue weighted by Gasteiger charge is -2.07. The molecule has 5 nitrogen and oxygen atoms in total. The number of benzene rings is 2. The normalized spacial score (nSPS) is 10.4. The molecule has 0 aliphatic rings. The van der Waals surface area contributed by atoms with E-state index in [4.69, 9.17) is 13.9 Å². The Balaban J connectivity index is 1.62. The number of carbonyl (C=O) groups excluding carboxylic acids is 1. The van der Waals surface area contributed by atoms with Gasteiger partial charge in [-0.15, -0.1) is 0 Å². The van der Waals surface area contributed by atoms with Gasteiger partial charge < -0.3 is 19.2 Å². The Morgan fingerprint density at radius 3 is 2.65 bits per heavy atom. The van der Waals surface area contributed by atoms with Crippen molar-refractivity contribution in [1.82, 2.24) is 0 Å². The van der Waals surface area contributed by atoms with Gasteiger partial charge in [-0.1, -0.05) is 22.0 Å². The maximum Gasteiger partial charge on any atom is 0.291 e. The van der Waals surface area contributed by atoms with Crippen LogP contribution >= 0.6 is 31.9 Å². The van der Waals surface area contributed by atoms with Crippen LogP contribution in [0.2, 0.25) is 0 Å². The van der Waals surface area contributed by atoms with Gasteiger partial charge in [0.2, 0.25) is 0 Å². The summed E-state index contributed by atoms with van der Waals surface area (Å²) in [6.07, 6.45) is 0. The molecule has 0 saturated heterocycles.